The molecule has 0 aliphatic rings. The van der Waals surface area contributed by atoms with Gasteiger partial charge < -0.3 is 5.11 Å². The van der Waals surface area contributed by atoms with Gasteiger partial charge in [0.05, 0.1) is 21.0 Å². The average Bonchev–Trinajstić information content (AvgIpc) is 3.08. The van der Waals surface area contributed by atoms with Crippen molar-refractivity contribution in [3.05, 3.63) is 76.6 Å². The molecule has 2 heterocycles. The van der Waals surface area contributed by atoms with Gasteiger partial charge in [-0.15, -0.1) is 11.3 Å². The number of aliphatic hydroxyl groups is 1. The lowest BCUT2D eigenvalue weighted by Crippen LogP contribution is -2.20. The van der Waals surface area contributed by atoms with Crippen molar-refractivity contribution in [1.29, 1.82) is 0 Å². The summed E-state index contributed by atoms with van der Waals surface area (Å²) in [6.07, 6.45) is 0.606. The van der Waals surface area contributed by atoms with E-state index in [1.54, 1.807) is 11.3 Å². The molecule has 0 saturated heterocycles. The number of halogens is 1. The van der Waals surface area contributed by atoms with Gasteiger partial charge in [-0.1, -0.05) is 60.1 Å². The molecule has 2 nitrogen and oxygen atoms in total. The van der Waals surface area contributed by atoms with Crippen molar-refractivity contribution in [2.45, 2.75) is 25.9 Å². The van der Waals surface area contributed by atoms with E-state index < -0.39 is 5.60 Å². The molecule has 0 amide bonds. The van der Waals surface area contributed by atoms with Crippen molar-refractivity contribution in [2.75, 3.05) is 0 Å². The topological polar surface area (TPSA) is 33.1 Å². The van der Waals surface area contributed by atoms with Gasteiger partial charge in [-0.05, 0) is 37.6 Å². The smallest absolute Gasteiger partial charge is 0.100 e. The lowest BCUT2D eigenvalue weighted by Gasteiger charge is -2.15. The van der Waals surface area contributed by atoms with Gasteiger partial charge >= 0.3 is 0 Å². The zero-order chi connectivity index (χ0) is 19.0. The van der Waals surface area contributed by atoms with Crippen molar-refractivity contribution in [3.8, 4) is 21.7 Å². The lowest BCUT2D eigenvalue weighted by molar-refractivity contribution is 0.0818. The molecule has 136 valence electrons. The molecule has 0 saturated carbocycles. The first-order chi connectivity index (χ1) is 12.9. The van der Waals surface area contributed by atoms with E-state index in [4.69, 9.17) is 16.6 Å². The molecular formula is C23H20ClNOS. The third-order valence-corrected chi connectivity index (χ3v) is 5.86. The molecule has 27 heavy (non-hydrogen) atoms. The molecule has 0 bridgehead atoms. The van der Waals surface area contributed by atoms with Crippen LogP contribution in [0.3, 0.4) is 0 Å². The van der Waals surface area contributed by atoms with Gasteiger partial charge in [-0.2, -0.15) is 0 Å². The van der Waals surface area contributed by atoms with E-state index in [-0.39, 0.29) is 0 Å². The van der Waals surface area contributed by atoms with Crippen LogP contribution < -0.4 is 0 Å². The highest BCUT2D eigenvalue weighted by atomic mass is 35.5. The van der Waals surface area contributed by atoms with Crippen molar-refractivity contribution in [1.82, 2.24) is 4.98 Å². The molecule has 0 spiro atoms. The number of benzene rings is 2. The third-order valence-electron chi connectivity index (χ3n) is 4.40. The fraction of sp³-hybridized carbons (Fsp3) is 0.174. The minimum atomic E-state index is -0.738. The number of nitrogens with zero attached hydrogens (tertiary/aromatic N) is 1. The van der Waals surface area contributed by atoms with E-state index in [9.17, 15) is 5.11 Å². The number of hydrogen-bond acceptors (Lipinski definition) is 3. The summed E-state index contributed by atoms with van der Waals surface area (Å²) < 4.78 is 0. The van der Waals surface area contributed by atoms with Crippen LogP contribution in [-0.4, -0.2) is 15.7 Å². The summed E-state index contributed by atoms with van der Waals surface area (Å²) in [6, 6.07) is 22.4. The first kappa shape index (κ1) is 18.2. The number of pyridine rings is 1. The van der Waals surface area contributed by atoms with Crippen LogP contribution in [0.5, 0.6) is 0 Å². The van der Waals surface area contributed by atoms with Crippen LogP contribution in [0.15, 0.2) is 66.7 Å². The third kappa shape index (κ3) is 3.77. The zero-order valence-electron chi connectivity index (χ0n) is 15.2. The van der Waals surface area contributed by atoms with Gasteiger partial charge in [0, 0.05) is 22.2 Å². The van der Waals surface area contributed by atoms with Crippen molar-refractivity contribution >= 4 is 33.8 Å². The Morgan fingerprint density at radius 3 is 2.41 bits per heavy atom. The maximum absolute atomic E-state index is 10.1. The van der Waals surface area contributed by atoms with Crippen LogP contribution in [-0.2, 0) is 6.42 Å². The number of rotatable bonds is 4. The maximum Gasteiger partial charge on any atom is 0.100 e. The predicted molar refractivity (Wildman–Crippen MR) is 116 cm³/mol. The monoisotopic (exact) mass is 393 g/mol. The Bertz CT molecular complexity index is 1100. The minimum absolute atomic E-state index is 0.606. The maximum atomic E-state index is 10.1. The Hall–Kier alpha value is -2.20. The summed E-state index contributed by atoms with van der Waals surface area (Å²) >= 11 is 8.53. The molecule has 4 heteroatoms. The summed E-state index contributed by atoms with van der Waals surface area (Å²) in [5, 5.41) is 11.8. The van der Waals surface area contributed by atoms with Crippen molar-refractivity contribution < 1.29 is 5.11 Å². The summed E-state index contributed by atoms with van der Waals surface area (Å²) in [4.78, 5) is 6.99. The summed E-state index contributed by atoms with van der Waals surface area (Å²) in [6.45, 7) is 3.64. The highest BCUT2D eigenvalue weighted by Gasteiger charge is 2.19. The summed E-state index contributed by atoms with van der Waals surface area (Å²) in [7, 11) is 0. The minimum Gasteiger partial charge on any atom is -0.390 e. The van der Waals surface area contributed by atoms with E-state index in [0.29, 0.717) is 11.4 Å². The Morgan fingerprint density at radius 2 is 1.67 bits per heavy atom. The number of para-hydroxylation sites is 1. The second kappa shape index (κ2) is 7.08. The van der Waals surface area contributed by atoms with Gasteiger partial charge in [-0.25, -0.2) is 4.98 Å². The van der Waals surface area contributed by atoms with Gasteiger partial charge in [0.1, 0.15) is 5.69 Å². The van der Waals surface area contributed by atoms with Gasteiger partial charge in [0.25, 0.3) is 0 Å². The highest BCUT2D eigenvalue weighted by molar-refractivity contribution is 7.15. The van der Waals surface area contributed by atoms with Crippen LogP contribution in [0.1, 0.15) is 18.7 Å². The molecule has 4 rings (SSSR count). The van der Waals surface area contributed by atoms with Crippen molar-refractivity contribution in [2.24, 2.45) is 0 Å². The molecule has 4 aromatic rings. The standard InChI is InChI=1S/C23H20ClNOS/c1-23(2,26)14-16-12-13-19(27-16)22-21(24)20(15-8-4-3-5-9-15)17-10-6-7-11-18(17)25-22/h3-13,26H,14H2,1-2H3. The summed E-state index contributed by atoms with van der Waals surface area (Å²) in [5.41, 5.74) is 3.07. The van der Waals surface area contributed by atoms with E-state index in [1.807, 2.05) is 62.4 Å². The Kier molecular flexibility index (Phi) is 4.77. The largest absolute Gasteiger partial charge is 0.390 e. The molecule has 0 fully saturated rings. The molecule has 0 aliphatic heterocycles. The highest BCUT2D eigenvalue weighted by Crippen LogP contribution is 2.42. The fourth-order valence-electron chi connectivity index (χ4n) is 3.27. The zero-order valence-corrected chi connectivity index (χ0v) is 16.8. The van der Waals surface area contributed by atoms with Crippen LogP contribution in [0.2, 0.25) is 5.02 Å². The molecule has 0 radical (unpaired) electrons. The van der Waals surface area contributed by atoms with Crippen molar-refractivity contribution in [3.63, 3.8) is 0 Å². The number of aromatic nitrogens is 1. The molecule has 0 atom stereocenters. The van der Waals surface area contributed by atoms with Gasteiger partial charge in [-0.3, -0.25) is 0 Å². The molecule has 1 N–H and O–H groups in total. The quantitative estimate of drug-likeness (QED) is 0.423. The van der Waals surface area contributed by atoms with E-state index in [0.717, 1.165) is 37.5 Å². The molecular weight excluding hydrogens is 374 g/mol. The van der Waals surface area contributed by atoms with Crippen LogP contribution in [0, 0.1) is 0 Å². The molecule has 0 aliphatic carbocycles. The number of thiophene rings is 1. The second-order valence-electron chi connectivity index (χ2n) is 7.29. The van der Waals surface area contributed by atoms with Crippen LogP contribution in [0.25, 0.3) is 32.6 Å². The lowest BCUT2D eigenvalue weighted by atomic mass is 9.99. The second-order valence-corrected chi connectivity index (χ2v) is 8.83. The number of hydrogen-bond donors (Lipinski definition) is 1. The SMILES string of the molecule is CC(C)(O)Cc1ccc(-c2nc3ccccc3c(-c3ccccc3)c2Cl)s1. The molecule has 0 unspecified atom stereocenters. The normalized spacial score (nSPS) is 11.9. The first-order valence-electron chi connectivity index (χ1n) is 8.87. The average molecular weight is 394 g/mol. The van der Waals surface area contributed by atoms with Crippen LogP contribution >= 0.6 is 22.9 Å². The molecule has 2 aromatic carbocycles. The molecule has 2 aromatic heterocycles. The van der Waals surface area contributed by atoms with Gasteiger partial charge in [0.2, 0.25) is 0 Å². The van der Waals surface area contributed by atoms with E-state index in [2.05, 4.69) is 18.2 Å². The number of fused-ring (bicyclic) bond motifs is 1. The fourth-order valence-corrected chi connectivity index (χ4v) is 4.90. The van der Waals surface area contributed by atoms with Crippen LogP contribution in [0.4, 0.5) is 0 Å². The Labute approximate surface area is 168 Å². The predicted octanol–water partition coefficient (Wildman–Crippen LogP) is 6.60. The first-order valence-corrected chi connectivity index (χ1v) is 10.1. The Morgan fingerprint density at radius 1 is 0.963 bits per heavy atom. The van der Waals surface area contributed by atoms with Gasteiger partial charge in [0.15, 0.2) is 0 Å². The Balaban J connectivity index is 1.91. The van der Waals surface area contributed by atoms with E-state index >= 15 is 0 Å². The summed E-state index contributed by atoms with van der Waals surface area (Å²) in [5.74, 6) is 0. The van der Waals surface area contributed by atoms with E-state index in [1.165, 1.54) is 0 Å².